The van der Waals surface area contributed by atoms with Gasteiger partial charge in [-0.3, -0.25) is 19.3 Å². The molecule has 3 aliphatic rings. The second-order valence-corrected chi connectivity index (χ2v) is 9.65. The Balaban J connectivity index is 1.75. The SMILES string of the molecule is CC(=O)C1=C(O)[C@@]2(O)C(=O)C3=C(O)c4c(O)ccc(-c5ccoc5)c4C[C@H]3C[C@H]2[C@H](N(C)C)C1=O. The fourth-order valence-electron chi connectivity index (χ4n) is 6.03. The molecule has 2 aromatic rings. The van der Waals surface area contributed by atoms with Crippen LogP contribution in [-0.2, 0) is 20.8 Å². The van der Waals surface area contributed by atoms with Crippen molar-refractivity contribution in [3.8, 4) is 16.9 Å². The number of Topliss-reactive ketones (excluding diaryl/α,β-unsaturated/α-hetero) is 3. The van der Waals surface area contributed by atoms with Crippen molar-refractivity contribution in [1.82, 2.24) is 4.90 Å². The fraction of sp³-hybridized carbons (Fsp3) is 0.346. The molecule has 35 heavy (non-hydrogen) atoms. The molecule has 4 atom stereocenters. The number of hydrogen-bond donors (Lipinski definition) is 4. The summed E-state index contributed by atoms with van der Waals surface area (Å²) in [5.74, 6) is -5.79. The first kappa shape index (κ1) is 23.1. The van der Waals surface area contributed by atoms with Gasteiger partial charge in [0.05, 0.1) is 24.1 Å². The molecule has 182 valence electrons. The molecule has 5 rings (SSSR count). The Morgan fingerprint density at radius 3 is 2.46 bits per heavy atom. The Labute approximate surface area is 200 Å². The van der Waals surface area contributed by atoms with Gasteiger partial charge in [0.2, 0.25) is 5.78 Å². The lowest BCUT2D eigenvalue weighted by atomic mass is 9.57. The molecule has 1 saturated carbocycles. The van der Waals surface area contributed by atoms with Gasteiger partial charge >= 0.3 is 0 Å². The molecular weight excluding hydrogens is 454 g/mol. The number of nitrogens with zero attached hydrogens (tertiary/aromatic N) is 1. The number of benzene rings is 1. The monoisotopic (exact) mass is 479 g/mol. The van der Waals surface area contributed by atoms with E-state index in [2.05, 4.69) is 0 Å². The minimum absolute atomic E-state index is 0.0663. The smallest absolute Gasteiger partial charge is 0.202 e. The number of ketones is 3. The zero-order valence-corrected chi connectivity index (χ0v) is 19.4. The highest BCUT2D eigenvalue weighted by atomic mass is 16.3. The van der Waals surface area contributed by atoms with Crippen molar-refractivity contribution in [3.05, 3.63) is 58.8 Å². The molecule has 1 heterocycles. The van der Waals surface area contributed by atoms with Crippen molar-refractivity contribution in [2.24, 2.45) is 11.8 Å². The molecule has 9 nitrogen and oxygen atoms in total. The van der Waals surface area contributed by atoms with Gasteiger partial charge in [0.1, 0.15) is 22.8 Å². The van der Waals surface area contributed by atoms with Crippen LogP contribution in [0.25, 0.3) is 16.9 Å². The summed E-state index contributed by atoms with van der Waals surface area (Å²) in [6.07, 6.45) is 3.34. The topological polar surface area (TPSA) is 149 Å². The largest absolute Gasteiger partial charge is 0.508 e. The number of phenols is 1. The number of hydrogen-bond acceptors (Lipinski definition) is 9. The molecule has 1 aromatic heterocycles. The summed E-state index contributed by atoms with van der Waals surface area (Å²) in [6, 6.07) is 3.79. The van der Waals surface area contributed by atoms with Gasteiger partial charge in [0.25, 0.3) is 0 Å². The number of phenolic OH excluding ortho intramolecular Hbond substituents is 1. The molecule has 1 aromatic carbocycles. The molecule has 0 unspecified atom stereocenters. The second-order valence-electron chi connectivity index (χ2n) is 9.65. The summed E-state index contributed by atoms with van der Waals surface area (Å²) < 4.78 is 5.19. The number of likely N-dealkylation sites (N-methyl/N-ethyl adjacent to an activating group) is 1. The van der Waals surface area contributed by atoms with Crippen molar-refractivity contribution >= 4 is 23.1 Å². The Bertz CT molecular complexity index is 1350. The predicted octanol–water partition coefficient (Wildman–Crippen LogP) is 2.33. The highest BCUT2D eigenvalue weighted by Gasteiger charge is 2.64. The van der Waals surface area contributed by atoms with E-state index in [-0.39, 0.29) is 29.7 Å². The molecule has 0 amide bonds. The van der Waals surface area contributed by atoms with Gasteiger partial charge in [-0.05, 0) is 63.0 Å². The molecule has 0 radical (unpaired) electrons. The van der Waals surface area contributed by atoms with Crippen LogP contribution in [0.5, 0.6) is 5.75 Å². The maximum absolute atomic E-state index is 13.8. The average Bonchev–Trinajstić information content (AvgIpc) is 3.30. The van der Waals surface area contributed by atoms with E-state index in [0.29, 0.717) is 11.1 Å². The molecule has 9 heteroatoms. The number of aliphatic hydroxyl groups is 3. The number of carbonyl (C=O) groups is 3. The van der Waals surface area contributed by atoms with Gasteiger partial charge in [-0.15, -0.1) is 0 Å². The highest BCUT2D eigenvalue weighted by Crippen LogP contribution is 2.53. The first-order valence-electron chi connectivity index (χ1n) is 11.2. The highest BCUT2D eigenvalue weighted by molar-refractivity contribution is 6.25. The third-order valence-corrected chi connectivity index (χ3v) is 7.54. The van der Waals surface area contributed by atoms with Crippen molar-refractivity contribution in [3.63, 3.8) is 0 Å². The fourth-order valence-corrected chi connectivity index (χ4v) is 6.03. The average molecular weight is 479 g/mol. The van der Waals surface area contributed by atoms with Gasteiger partial charge < -0.3 is 24.8 Å². The lowest BCUT2D eigenvalue weighted by Gasteiger charge is -2.50. The number of carbonyl (C=O) groups excluding carboxylic acids is 3. The van der Waals surface area contributed by atoms with E-state index in [0.717, 1.165) is 12.5 Å². The van der Waals surface area contributed by atoms with Crippen LogP contribution < -0.4 is 0 Å². The zero-order chi connectivity index (χ0) is 25.4. The van der Waals surface area contributed by atoms with Crippen molar-refractivity contribution in [2.45, 2.75) is 31.4 Å². The van der Waals surface area contributed by atoms with E-state index < -0.39 is 57.9 Å². The van der Waals surface area contributed by atoms with Gasteiger partial charge in [-0.1, -0.05) is 6.07 Å². The molecule has 1 fully saturated rings. The molecule has 0 bridgehead atoms. The maximum atomic E-state index is 13.8. The summed E-state index contributed by atoms with van der Waals surface area (Å²) in [5, 5.41) is 44.4. The van der Waals surface area contributed by atoms with Crippen LogP contribution in [0.4, 0.5) is 0 Å². The molecule has 0 aliphatic heterocycles. The lowest BCUT2D eigenvalue weighted by molar-refractivity contribution is -0.153. The van der Waals surface area contributed by atoms with E-state index in [1.165, 1.54) is 23.5 Å². The van der Waals surface area contributed by atoms with Crippen molar-refractivity contribution in [1.29, 1.82) is 0 Å². The molecule has 0 spiro atoms. The quantitative estimate of drug-likeness (QED) is 0.487. The van der Waals surface area contributed by atoms with Gasteiger partial charge in [0.15, 0.2) is 17.2 Å². The Morgan fingerprint density at radius 1 is 1.14 bits per heavy atom. The van der Waals surface area contributed by atoms with E-state index in [1.54, 1.807) is 26.2 Å². The zero-order valence-electron chi connectivity index (χ0n) is 19.4. The van der Waals surface area contributed by atoms with Crippen molar-refractivity contribution < 1.29 is 39.2 Å². The summed E-state index contributed by atoms with van der Waals surface area (Å²) in [4.78, 5) is 40.8. The van der Waals surface area contributed by atoms with Crippen molar-refractivity contribution in [2.75, 3.05) is 14.1 Å². The van der Waals surface area contributed by atoms with Crippen LogP contribution in [0.15, 0.2) is 52.0 Å². The third-order valence-electron chi connectivity index (χ3n) is 7.54. The summed E-state index contributed by atoms with van der Waals surface area (Å²) in [7, 11) is 3.20. The normalized spacial score (nSPS) is 28.2. The molecular formula is C26H25NO8. The molecule has 4 N–H and O–H groups in total. The number of rotatable bonds is 3. The standard InChI is InChI=1S/C26H25NO8/c1-11(28)18-23(31)21(27(2)3)16-9-13-8-15-14(12-6-7-35-10-12)4-5-17(29)20(15)22(30)19(13)25(33)26(16,34)24(18)32/h4-7,10,13,16,21,29-30,32,34H,8-9H2,1-3H3/t13-,16-,21-,26+/m0/s1. The van der Waals surface area contributed by atoms with E-state index in [4.69, 9.17) is 4.42 Å². The Kier molecular flexibility index (Phi) is 5.05. The minimum atomic E-state index is -2.57. The number of fused-ring (bicyclic) bond motifs is 3. The van der Waals surface area contributed by atoms with E-state index in [1.807, 2.05) is 0 Å². The second kappa shape index (κ2) is 7.66. The van der Waals surface area contributed by atoms with Crippen LogP contribution in [-0.4, -0.2) is 68.4 Å². The number of aliphatic hydroxyl groups excluding tert-OH is 2. The molecule has 0 saturated heterocycles. The van der Waals surface area contributed by atoms with Crippen LogP contribution in [0.3, 0.4) is 0 Å². The first-order chi connectivity index (χ1) is 16.5. The lowest BCUT2D eigenvalue weighted by Crippen LogP contribution is -2.65. The van der Waals surface area contributed by atoms with Crippen LogP contribution >= 0.6 is 0 Å². The Hall–Kier alpha value is -3.69. The van der Waals surface area contributed by atoms with E-state index >= 15 is 0 Å². The Morgan fingerprint density at radius 2 is 1.86 bits per heavy atom. The third kappa shape index (κ3) is 2.98. The van der Waals surface area contributed by atoms with Gasteiger partial charge in [0, 0.05) is 17.1 Å². The van der Waals surface area contributed by atoms with Crippen LogP contribution in [0.1, 0.15) is 24.5 Å². The summed E-state index contributed by atoms with van der Waals surface area (Å²) >= 11 is 0. The summed E-state index contributed by atoms with van der Waals surface area (Å²) in [6.45, 7) is 1.08. The summed E-state index contributed by atoms with van der Waals surface area (Å²) in [5.41, 5.74) is -1.23. The minimum Gasteiger partial charge on any atom is -0.508 e. The van der Waals surface area contributed by atoms with E-state index in [9.17, 15) is 34.8 Å². The maximum Gasteiger partial charge on any atom is 0.202 e. The molecule has 3 aliphatic carbocycles. The predicted molar refractivity (Wildman–Crippen MR) is 123 cm³/mol. The number of aromatic hydroxyl groups is 1. The van der Waals surface area contributed by atoms with Crippen LogP contribution in [0.2, 0.25) is 0 Å². The first-order valence-corrected chi connectivity index (χ1v) is 11.2. The number of furan rings is 1. The van der Waals surface area contributed by atoms with Crippen LogP contribution in [0, 0.1) is 11.8 Å². The van der Waals surface area contributed by atoms with Gasteiger partial charge in [-0.25, -0.2) is 0 Å². The van der Waals surface area contributed by atoms with Gasteiger partial charge in [-0.2, -0.15) is 0 Å².